The summed E-state index contributed by atoms with van der Waals surface area (Å²) < 4.78 is 5.62. The number of guanidine groups is 1. The molecule has 8 nitrogen and oxygen atoms in total. The molecule has 1 saturated heterocycles. The first-order valence-electron chi connectivity index (χ1n) is 8.26. The summed E-state index contributed by atoms with van der Waals surface area (Å²) >= 11 is 0. The molecule has 2 aromatic rings. The van der Waals surface area contributed by atoms with Crippen molar-refractivity contribution >= 4 is 11.9 Å². The van der Waals surface area contributed by atoms with Crippen LogP contribution >= 0.6 is 0 Å². The highest BCUT2D eigenvalue weighted by atomic mass is 16.4. The van der Waals surface area contributed by atoms with Gasteiger partial charge >= 0.3 is 0 Å². The molecule has 1 fully saturated rings. The first-order valence-corrected chi connectivity index (χ1v) is 8.26. The first-order chi connectivity index (χ1) is 11.8. The Kier molecular flexibility index (Phi) is 5.25. The van der Waals surface area contributed by atoms with Crippen LogP contribution in [0.3, 0.4) is 0 Å². The van der Waals surface area contributed by atoms with Crippen molar-refractivity contribution in [2.45, 2.75) is 26.3 Å². The average Bonchev–Trinajstić information content (AvgIpc) is 3.08. The topological polar surface area (TPSA) is 96.7 Å². The Morgan fingerprint density at radius 1 is 1.21 bits per heavy atom. The van der Waals surface area contributed by atoms with E-state index in [1.54, 1.807) is 18.6 Å². The summed E-state index contributed by atoms with van der Waals surface area (Å²) in [5.41, 5.74) is 6.11. The highest BCUT2D eigenvalue weighted by Gasteiger charge is 2.19. The Hall–Kier alpha value is -2.64. The number of nitrogens with two attached hydrogens (primary N) is 1. The number of rotatable bonds is 5. The summed E-state index contributed by atoms with van der Waals surface area (Å²) in [7, 11) is 0. The number of aliphatic imine (C=N–C) groups is 1. The zero-order valence-corrected chi connectivity index (χ0v) is 13.9. The van der Waals surface area contributed by atoms with Crippen molar-refractivity contribution in [3.05, 3.63) is 36.3 Å². The number of nitrogens with zero attached hydrogens (tertiary/aromatic N) is 6. The van der Waals surface area contributed by atoms with E-state index in [9.17, 15) is 0 Å². The van der Waals surface area contributed by atoms with Crippen LogP contribution in [0.15, 0.2) is 34.1 Å². The van der Waals surface area contributed by atoms with Crippen LogP contribution in [0.1, 0.15) is 25.0 Å². The molecular weight excluding hydrogens is 306 g/mol. The average molecular weight is 329 g/mol. The predicted octanol–water partition coefficient (Wildman–Crippen LogP) is 1.05. The maximum Gasteiger partial charge on any atom is 0.225 e. The lowest BCUT2D eigenvalue weighted by atomic mass is 10.3. The number of oxazole rings is 1. The third-order valence-electron chi connectivity index (χ3n) is 3.90. The summed E-state index contributed by atoms with van der Waals surface area (Å²) in [5.74, 6) is 2.81. The fourth-order valence-electron chi connectivity index (χ4n) is 2.60. The molecule has 1 aliphatic rings. The van der Waals surface area contributed by atoms with Gasteiger partial charge in [0.25, 0.3) is 0 Å². The van der Waals surface area contributed by atoms with Crippen molar-refractivity contribution < 1.29 is 4.42 Å². The van der Waals surface area contributed by atoms with Gasteiger partial charge in [-0.25, -0.2) is 19.9 Å². The van der Waals surface area contributed by atoms with Crippen LogP contribution < -0.4 is 10.6 Å². The maximum absolute atomic E-state index is 6.11. The van der Waals surface area contributed by atoms with Gasteiger partial charge in [0.1, 0.15) is 12.3 Å². The minimum atomic E-state index is 0.421. The SMILES string of the molecule is CCCc1ncc(CN=C(N)N2CCN(c3ncccn3)CC2)o1. The minimum absolute atomic E-state index is 0.421. The van der Waals surface area contributed by atoms with E-state index in [2.05, 4.69) is 36.7 Å². The second kappa shape index (κ2) is 7.76. The van der Waals surface area contributed by atoms with E-state index in [1.807, 2.05) is 6.07 Å². The van der Waals surface area contributed by atoms with Crippen molar-refractivity contribution in [2.24, 2.45) is 10.7 Å². The minimum Gasteiger partial charge on any atom is -0.444 e. The van der Waals surface area contributed by atoms with Gasteiger partial charge in [0.05, 0.1) is 6.20 Å². The molecule has 0 spiro atoms. The van der Waals surface area contributed by atoms with Crippen LogP contribution in [-0.2, 0) is 13.0 Å². The van der Waals surface area contributed by atoms with E-state index >= 15 is 0 Å². The van der Waals surface area contributed by atoms with E-state index in [-0.39, 0.29) is 0 Å². The van der Waals surface area contributed by atoms with Gasteiger partial charge in [0.2, 0.25) is 5.95 Å². The summed E-state index contributed by atoms with van der Waals surface area (Å²) in [4.78, 5) is 21.4. The highest BCUT2D eigenvalue weighted by molar-refractivity contribution is 5.78. The first kappa shape index (κ1) is 16.2. The van der Waals surface area contributed by atoms with Gasteiger partial charge in [-0.15, -0.1) is 0 Å². The van der Waals surface area contributed by atoms with E-state index in [4.69, 9.17) is 10.2 Å². The van der Waals surface area contributed by atoms with Crippen molar-refractivity contribution in [3.63, 3.8) is 0 Å². The molecule has 1 aliphatic heterocycles. The van der Waals surface area contributed by atoms with Crippen LogP contribution in [0.25, 0.3) is 0 Å². The predicted molar refractivity (Wildman–Crippen MR) is 91.6 cm³/mol. The van der Waals surface area contributed by atoms with Gasteiger partial charge in [0.15, 0.2) is 11.9 Å². The quantitative estimate of drug-likeness (QED) is 0.647. The zero-order chi connectivity index (χ0) is 16.8. The molecule has 0 bridgehead atoms. The van der Waals surface area contributed by atoms with Crippen molar-refractivity contribution in [2.75, 3.05) is 31.1 Å². The number of hydrogen-bond donors (Lipinski definition) is 1. The lowest BCUT2D eigenvalue weighted by Gasteiger charge is -2.35. The second-order valence-electron chi connectivity index (χ2n) is 5.67. The summed E-state index contributed by atoms with van der Waals surface area (Å²) in [6.45, 7) is 5.76. The van der Waals surface area contributed by atoms with Crippen molar-refractivity contribution in [1.29, 1.82) is 0 Å². The van der Waals surface area contributed by atoms with Gasteiger partial charge in [0, 0.05) is 45.0 Å². The molecule has 0 atom stereocenters. The van der Waals surface area contributed by atoms with Crippen molar-refractivity contribution in [1.82, 2.24) is 19.9 Å². The van der Waals surface area contributed by atoms with E-state index in [0.29, 0.717) is 12.5 Å². The number of anilines is 1. The van der Waals surface area contributed by atoms with Gasteiger partial charge in [-0.2, -0.15) is 0 Å². The number of piperazine rings is 1. The lowest BCUT2D eigenvalue weighted by molar-refractivity contribution is 0.376. The van der Waals surface area contributed by atoms with Crippen LogP contribution in [0, 0.1) is 0 Å². The normalized spacial score (nSPS) is 15.8. The molecule has 0 saturated carbocycles. The Balaban J connectivity index is 1.51. The molecule has 0 radical (unpaired) electrons. The summed E-state index contributed by atoms with van der Waals surface area (Å²) in [5, 5.41) is 0. The third kappa shape index (κ3) is 4.01. The molecule has 3 rings (SSSR count). The van der Waals surface area contributed by atoms with Crippen LogP contribution in [0.2, 0.25) is 0 Å². The molecule has 0 amide bonds. The van der Waals surface area contributed by atoms with Gasteiger partial charge in [-0.05, 0) is 12.5 Å². The van der Waals surface area contributed by atoms with E-state index < -0.39 is 0 Å². The van der Waals surface area contributed by atoms with Crippen LogP contribution in [-0.4, -0.2) is 52.0 Å². The molecule has 0 aromatic carbocycles. The Morgan fingerprint density at radius 2 is 1.96 bits per heavy atom. The number of aryl methyl sites for hydroxylation is 1. The molecule has 24 heavy (non-hydrogen) atoms. The molecule has 2 N–H and O–H groups in total. The molecule has 0 unspecified atom stereocenters. The third-order valence-corrected chi connectivity index (χ3v) is 3.90. The number of aromatic nitrogens is 3. The fourth-order valence-corrected chi connectivity index (χ4v) is 2.60. The van der Waals surface area contributed by atoms with Crippen LogP contribution in [0.5, 0.6) is 0 Å². The zero-order valence-electron chi connectivity index (χ0n) is 13.9. The molecule has 8 heteroatoms. The summed E-state index contributed by atoms with van der Waals surface area (Å²) in [6, 6.07) is 1.82. The molecule has 2 aromatic heterocycles. The molecule has 0 aliphatic carbocycles. The van der Waals surface area contributed by atoms with Crippen molar-refractivity contribution in [3.8, 4) is 0 Å². The summed E-state index contributed by atoms with van der Waals surface area (Å²) in [6.07, 6.45) is 7.11. The van der Waals surface area contributed by atoms with Gasteiger partial charge in [-0.1, -0.05) is 6.92 Å². The largest absolute Gasteiger partial charge is 0.444 e. The molecular formula is C16H23N7O. The Bertz CT molecular complexity index is 662. The maximum atomic E-state index is 6.11. The van der Waals surface area contributed by atoms with Gasteiger partial charge in [-0.3, -0.25) is 0 Å². The van der Waals surface area contributed by atoms with E-state index in [0.717, 1.165) is 56.6 Å². The monoisotopic (exact) mass is 329 g/mol. The Morgan fingerprint density at radius 3 is 2.67 bits per heavy atom. The van der Waals surface area contributed by atoms with Crippen LogP contribution in [0.4, 0.5) is 5.95 Å². The molecule has 128 valence electrons. The molecule has 3 heterocycles. The highest BCUT2D eigenvalue weighted by Crippen LogP contribution is 2.10. The lowest BCUT2D eigenvalue weighted by Crippen LogP contribution is -2.51. The fraction of sp³-hybridized carbons (Fsp3) is 0.500. The smallest absolute Gasteiger partial charge is 0.225 e. The van der Waals surface area contributed by atoms with E-state index in [1.165, 1.54) is 0 Å². The standard InChI is InChI=1S/C16H23N7O/c1-2-4-14-20-11-13(24-14)12-21-15(17)22-7-9-23(10-8-22)16-18-5-3-6-19-16/h3,5-6,11H,2,4,7-10,12H2,1H3,(H2,17,21). The van der Waals surface area contributed by atoms with Gasteiger partial charge < -0.3 is 20.0 Å². The number of hydrogen-bond acceptors (Lipinski definition) is 6. The Labute approximate surface area is 141 Å². The second-order valence-corrected chi connectivity index (χ2v) is 5.67.